The van der Waals surface area contributed by atoms with Crippen LogP contribution in [0.4, 0.5) is 0 Å². The third kappa shape index (κ3) is 2.71. The van der Waals surface area contributed by atoms with Crippen molar-refractivity contribution in [2.45, 2.75) is 70.9 Å². The highest BCUT2D eigenvalue weighted by Crippen LogP contribution is 2.38. The molecule has 84 valence electrons. The normalized spacial score (nSPS) is 26.6. The molecular weight excluding hydrogens is 174 g/mol. The zero-order chi connectivity index (χ0) is 10.6. The lowest BCUT2D eigenvalue weighted by Gasteiger charge is -2.36. The Morgan fingerprint density at radius 3 is 2.14 bits per heavy atom. The summed E-state index contributed by atoms with van der Waals surface area (Å²) in [7, 11) is 0. The van der Waals surface area contributed by atoms with E-state index in [0.717, 1.165) is 19.3 Å². The van der Waals surface area contributed by atoms with Crippen molar-refractivity contribution in [1.82, 2.24) is 0 Å². The second-order valence-corrected chi connectivity index (χ2v) is 5.09. The lowest BCUT2D eigenvalue weighted by atomic mass is 9.74. The van der Waals surface area contributed by atoms with Crippen molar-refractivity contribution in [3.63, 3.8) is 0 Å². The molecule has 0 radical (unpaired) electrons. The number of nitrogens with two attached hydrogens (primary N) is 1. The first-order valence-electron chi connectivity index (χ1n) is 6.04. The Bertz CT molecular complexity index is 162. The van der Waals surface area contributed by atoms with Crippen molar-refractivity contribution in [2.75, 3.05) is 0 Å². The van der Waals surface area contributed by atoms with E-state index in [1.54, 1.807) is 0 Å². The van der Waals surface area contributed by atoms with Crippen LogP contribution in [0.2, 0.25) is 0 Å². The van der Waals surface area contributed by atoms with E-state index in [-0.39, 0.29) is 17.6 Å². The Morgan fingerprint density at radius 2 is 1.71 bits per heavy atom. The highest BCUT2D eigenvalue weighted by molar-refractivity contribution is 4.89. The molecule has 1 rings (SSSR count). The second-order valence-electron chi connectivity index (χ2n) is 5.09. The van der Waals surface area contributed by atoms with Crippen molar-refractivity contribution in [3.8, 4) is 0 Å². The molecule has 1 fully saturated rings. The van der Waals surface area contributed by atoms with Gasteiger partial charge in [0.25, 0.3) is 0 Å². The van der Waals surface area contributed by atoms with Crippen LogP contribution in [-0.4, -0.2) is 17.3 Å². The summed E-state index contributed by atoms with van der Waals surface area (Å²) in [5.74, 6) is 0. The molecule has 0 aliphatic heterocycles. The van der Waals surface area contributed by atoms with Gasteiger partial charge in [-0.05, 0) is 24.7 Å². The van der Waals surface area contributed by atoms with Crippen LogP contribution in [0.3, 0.4) is 0 Å². The number of hydrogen-bond donors (Lipinski definition) is 2. The van der Waals surface area contributed by atoms with E-state index in [9.17, 15) is 5.11 Å². The first-order valence-corrected chi connectivity index (χ1v) is 6.04. The number of hydrogen-bond acceptors (Lipinski definition) is 2. The van der Waals surface area contributed by atoms with Gasteiger partial charge >= 0.3 is 0 Å². The van der Waals surface area contributed by atoms with E-state index < -0.39 is 0 Å². The minimum atomic E-state index is -0.314. The second kappa shape index (κ2) is 5.13. The average Bonchev–Trinajstić information content (AvgIpc) is 2.41. The van der Waals surface area contributed by atoms with E-state index in [1.807, 2.05) is 6.92 Å². The van der Waals surface area contributed by atoms with Gasteiger partial charge in [-0.15, -0.1) is 0 Å². The Hall–Kier alpha value is -0.0800. The minimum Gasteiger partial charge on any atom is -0.391 e. The minimum absolute atomic E-state index is 0.0434. The van der Waals surface area contributed by atoms with E-state index >= 15 is 0 Å². The summed E-state index contributed by atoms with van der Waals surface area (Å²) in [4.78, 5) is 0. The van der Waals surface area contributed by atoms with Gasteiger partial charge in [0, 0.05) is 6.04 Å². The Labute approximate surface area is 87.9 Å². The topological polar surface area (TPSA) is 46.2 Å². The lowest BCUT2D eigenvalue weighted by molar-refractivity contribution is 0.00575. The molecule has 2 atom stereocenters. The maximum Gasteiger partial charge on any atom is 0.0744 e. The lowest BCUT2D eigenvalue weighted by Crippen LogP contribution is -2.45. The molecule has 0 amide bonds. The van der Waals surface area contributed by atoms with Crippen molar-refractivity contribution < 1.29 is 5.11 Å². The van der Waals surface area contributed by atoms with E-state index in [1.165, 1.54) is 25.7 Å². The van der Waals surface area contributed by atoms with Gasteiger partial charge in [0.1, 0.15) is 0 Å². The van der Waals surface area contributed by atoms with Crippen molar-refractivity contribution >= 4 is 0 Å². The van der Waals surface area contributed by atoms with Gasteiger partial charge in [-0.2, -0.15) is 0 Å². The molecule has 1 aliphatic carbocycles. The molecular formula is C12H25NO. The van der Waals surface area contributed by atoms with Gasteiger partial charge in [-0.3, -0.25) is 0 Å². The summed E-state index contributed by atoms with van der Waals surface area (Å²) in [5, 5.41) is 10.2. The molecule has 0 aromatic carbocycles. The van der Waals surface area contributed by atoms with Crippen LogP contribution in [0.5, 0.6) is 0 Å². The first kappa shape index (κ1) is 12.0. The van der Waals surface area contributed by atoms with E-state index in [4.69, 9.17) is 5.73 Å². The average molecular weight is 199 g/mol. The molecule has 1 aliphatic rings. The van der Waals surface area contributed by atoms with Gasteiger partial charge in [0.15, 0.2) is 0 Å². The van der Waals surface area contributed by atoms with Crippen LogP contribution in [-0.2, 0) is 0 Å². The zero-order valence-corrected chi connectivity index (χ0v) is 9.63. The van der Waals surface area contributed by atoms with Crippen LogP contribution >= 0.6 is 0 Å². The van der Waals surface area contributed by atoms with Gasteiger partial charge < -0.3 is 10.8 Å². The summed E-state index contributed by atoms with van der Waals surface area (Å²) in [6.45, 7) is 4.26. The first-order chi connectivity index (χ1) is 6.60. The molecule has 0 spiro atoms. The Morgan fingerprint density at radius 1 is 1.21 bits per heavy atom. The molecule has 14 heavy (non-hydrogen) atoms. The van der Waals surface area contributed by atoms with E-state index in [0.29, 0.717) is 0 Å². The quantitative estimate of drug-likeness (QED) is 0.686. The molecule has 1 saturated carbocycles. The monoisotopic (exact) mass is 199 g/mol. The summed E-state index contributed by atoms with van der Waals surface area (Å²) in [6.07, 6.45) is 7.99. The molecule has 2 unspecified atom stereocenters. The number of aliphatic hydroxyl groups excluding tert-OH is 1. The zero-order valence-electron chi connectivity index (χ0n) is 9.63. The maximum atomic E-state index is 10.2. The summed E-state index contributed by atoms with van der Waals surface area (Å²) < 4.78 is 0. The SMILES string of the molecule is CCC(N)C(O)C1(C)CCCCCC1. The highest BCUT2D eigenvalue weighted by Gasteiger charge is 2.35. The smallest absolute Gasteiger partial charge is 0.0744 e. The van der Waals surface area contributed by atoms with Gasteiger partial charge in [0.05, 0.1) is 6.10 Å². The molecule has 3 N–H and O–H groups in total. The maximum absolute atomic E-state index is 10.2. The third-order valence-corrected chi connectivity index (χ3v) is 3.84. The van der Waals surface area contributed by atoms with Gasteiger partial charge in [-0.25, -0.2) is 0 Å². The molecule has 2 nitrogen and oxygen atoms in total. The predicted molar refractivity (Wildman–Crippen MR) is 60.1 cm³/mol. The van der Waals surface area contributed by atoms with E-state index in [2.05, 4.69) is 6.92 Å². The Kier molecular flexibility index (Phi) is 4.39. The van der Waals surface area contributed by atoms with Crippen LogP contribution in [0.1, 0.15) is 58.8 Å². The summed E-state index contributed by atoms with van der Waals surface area (Å²) in [5.41, 5.74) is 6.01. The largest absolute Gasteiger partial charge is 0.391 e. The van der Waals surface area contributed by atoms with Crippen LogP contribution in [0.25, 0.3) is 0 Å². The van der Waals surface area contributed by atoms with Crippen LogP contribution < -0.4 is 5.73 Å². The Balaban J connectivity index is 2.60. The molecule has 0 bridgehead atoms. The molecule has 2 heteroatoms. The van der Waals surface area contributed by atoms with Crippen molar-refractivity contribution in [2.24, 2.45) is 11.1 Å². The summed E-state index contributed by atoms with van der Waals surface area (Å²) in [6, 6.07) is -0.0434. The van der Waals surface area contributed by atoms with Gasteiger partial charge in [-0.1, -0.05) is 39.5 Å². The van der Waals surface area contributed by atoms with Gasteiger partial charge in [0.2, 0.25) is 0 Å². The standard InChI is InChI=1S/C12H25NO/c1-3-10(13)11(14)12(2)8-6-4-5-7-9-12/h10-11,14H,3-9,13H2,1-2H3. The molecule has 0 aromatic rings. The molecule has 0 aromatic heterocycles. The summed E-state index contributed by atoms with van der Waals surface area (Å²) >= 11 is 0. The molecule has 0 heterocycles. The van der Waals surface area contributed by atoms with Crippen molar-refractivity contribution in [1.29, 1.82) is 0 Å². The van der Waals surface area contributed by atoms with Crippen molar-refractivity contribution in [3.05, 3.63) is 0 Å². The number of aliphatic hydroxyl groups is 1. The highest BCUT2D eigenvalue weighted by atomic mass is 16.3. The third-order valence-electron chi connectivity index (χ3n) is 3.84. The number of rotatable bonds is 3. The predicted octanol–water partition coefficient (Wildman–Crippen LogP) is 2.45. The fourth-order valence-electron chi connectivity index (χ4n) is 2.57. The van der Waals surface area contributed by atoms with Crippen LogP contribution in [0, 0.1) is 5.41 Å². The fourth-order valence-corrected chi connectivity index (χ4v) is 2.57. The fraction of sp³-hybridized carbons (Fsp3) is 1.00. The van der Waals surface area contributed by atoms with Crippen LogP contribution in [0.15, 0.2) is 0 Å². The molecule has 0 saturated heterocycles.